The number of rotatable bonds is 6. The van der Waals surface area contributed by atoms with Crippen LogP contribution in [-0.2, 0) is 16.4 Å². The molecule has 0 aliphatic carbocycles. The molecule has 130 valence electrons. The van der Waals surface area contributed by atoms with Gasteiger partial charge in [0.2, 0.25) is 15.8 Å². The molecule has 25 heavy (non-hydrogen) atoms. The highest BCUT2D eigenvalue weighted by atomic mass is 32.2. The van der Waals surface area contributed by atoms with Gasteiger partial charge in [-0.25, -0.2) is 13.6 Å². The summed E-state index contributed by atoms with van der Waals surface area (Å²) in [5.41, 5.74) is 1.01. The van der Waals surface area contributed by atoms with Gasteiger partial charge in [0, 0.05) is 12.6 Å². The lowest BCUT2D eigenvalue weighted by atomic mass is 10.1. The molecule has 0 spiro atoms. The van der Waals surface area contributed by atoms with E-state index < -0.39 is 10.0 Å². The normalized spacial score (nSPS) is 11.4. The Morgan fingerprint density at radius 1 is 1.16 bits per heavy atom. The molecule has 0 saturated heterocycles. The summed E-state index contributed by atoms with van der Waals surface area (Å²) >= 11 is 0. The number of furan rings is 1. The summed E-state index contributed by atoms with van der Waals surface area (Å²) in [6.07, 6.45) is 2.03. The predicted molar refractivity (Wildman–Crippen MR) is 88.1 cm³/mol. The van der Waals surface area contributed by atoms with Gasteiger partial charge in [-0.2, -0.15) is 0 Å². The topological polar surface area (TPSA) is 128 Å². The smallest absolute Gasteiger partial charge is 0.273 e. The Labute approximate surface area is 143 Å². The van der Waals surface area contributed by atoms with Gasteiger partial charge in [0.15, 0.2) is 11.5 Å². The summed E-state index contributed by atoms with van der Waals surface area (Å²) in [6.45, 7) is 0.358. The molecule has 3 N–H and O–H groups in total. The maximum absolute atomic E-state index is 12.0. The summed E-state index contributed by atoms with van der Waals surface area (Å²) in [6, 6.07) is 11.1. The van der Waals surface area contributed by atoms with Crippen molar-refractivity contribution in [2.24, 2.45) is 5.14 Å². The predicted octanol–water partition coefficient (Wildman–Crippen LogP) is 1.55. The van der Waals surface area contributed by atoms with Gasteiger partial charge in [0.1, 0.15) is 0 Å². The standard InChI is InChI=1S/C16H15N3O5S/c17-25(21,22)12-5-3-11(4-6-12)7-8-18-16(20)13-10-15(24-19-13)14-2-1-9-23-14/h1-6,9-10H,7-8H2,(H,18,20)(H2,17,21,22). The molecule has 2 heterocycles. The largest absolute Gasteiger partial charge is 0.461 e. The highest BCUT2D eigenvalue weighted by Crippen LogP contribution is 2.20. The highest BCUT2D eigenvalue weighted by Gasteiger charge is 2.14. The molecule has 0 unspecified atom stereocenters. The van der Waals surface area contributed by atoms with Crippen LogP contribution in [-0.4, -0.2) is 26.0 Å². The Hall–Kier alpha value is -2.91. The fraction of sp³-hybridized carbons (Fsp3) is 0.125. The van der Waals surface area contributed by atoms with Crippen molar-refractivity contribution in [1.82, 2.24) is 10.5 Å². The minimum Gasteiger partial charge on any atom is -0.461 e. The van der Waals surface area contributed by atoms with Gasteiger partial charge in [-0.15, -0.1) is 0 Å². The van der Waals surface area contributed by atoms with Gasteiger partial charge in [-0.05, 0) is 36.2 Å². The second kappa shape index (κ2) is 6.91. The summed E-state index contributed by atoms with van der Waals surface area (Å²) in [5.74, 6) is 0.484. The van der Waals surface area contributed by atoms with Crippen LogP contribution in [0.2, 0.25) is 0 Å². The van der Waals surface area contributed by atoms with Gasteiger partial charge in [0.05, 0.1) is 11.2 Å². The van der Waals surface area contributed by atoms with E-state index in [1.807, 2.05) is 0 Å². The summed E-state index contributed by atoms with van der Waals surface area (Å²) in [4.78, 5) is 12.1. The first kappa shape index (κ1) is 16.9. The lowest BCUT2D eigenvalue weighted by molar-refractivity contribution is 0.0945. The Morgan fingerprint density at radius 2 is 1.92 bits per heavy atom. The van der Waals surface area contributed by atoms with E-state index in [-0.39, 0.29) is 16.5 Å². The summed E-state index contributed by atoms with van der Waals surface area (Å²) in [7, 11) is -3.70. The summed E-state index contributed by atoms with van der Waals surface area (Å²) < 4.78 is 32.6. The first-order valence-corrected chi connectivity index (χ1v) is 8.88. The van der Waals surface area contributed by atoms with Crippen molar-refractivity contribution >= 4 is 15.9 Å². The van der Waals surface area contributed by atoms with Crippen LogP contribution in [0.15, 0.2) is 62.6 Å². The number of nitrogens with two attached hydrogens (primary N) is 1. The lowest BCUT2D eigenvalue weighted by Gasteiger charge is -2.04. The molecule has 3 rings (SSSR count). The zero-order valence-electron chi connectivity index (χ0n) is 13.0. The number of amides is 1. The first-order chi connectivity index (χ1) is 11.9. The van der Waals surface area contributed by atoms with E-state index in [9.17, 15) is 13.2 Å². The van der Waals surface area contributed by atoms with Crippen molar-refractivity contribution < 1.29 is 22.2 Å². The van der Waals surface area contributed by atoms with Crippen molar-refractivity contribution in [2.75, 3.05) is 6.54 Å². The van der Waals surface area contributed by atoms with E-state index in [1.165, 1.54) is 24.5 Å². The van der Waals surface area contributed by atoms with Crippen molar-refractivity contribution in [3.63, 3.8) is 0 Å². The van der Waals surface area contributed by atoms with Crippen molar-refractivity contribution in [3.8, 4) is 11.5 Å². The van der Waals surface area contributed by atoms with E-state index in [0.717, 1.165) is 5.56 Å². The number of hydrogen-bond acceptors (Lipinski definition) is 6. The molecule has 2 aromatic heterocycles. The number of nitrogens with zero attached hydrogens (tertiary/aromatic N) is 1. The Balaban J connectivity index is 1.54. The molecular formula is C16H15N3O5S. The number of primary sulfonamides is 1. The van der Waals surface area contributed by atoms with Crippen LogP contribution in [0, 0.1) is 0 Å². The van der Waals surface area contributed by atoms with Crippen LogP contribution in [0.3, 0.4) is 0 Å². The minimum absolute atomic E-state index is 0.0494. The Bertz CT molecular complexity index is 960. The van der Waals surface area contributed by atoms with Crippen LogP contribution in [0.25, 0.3) is 11.5 Å². The third kappa shape index (κ3) is 4.14. The fourth-order valence-electron chi connectivity index (χ4n) is 2.17. The van der Waals surface area contributed by atoms with Crippen molar-refractivity contribution in [3.05, 3.63) is 60.0 Å². The Morgan fingerprint density at radius 3 is 2.56 bits per heavy atom. The quantitative estimate of drug-likeness (QED) is 0.685. The van der Waals surface area contributed by atoms with E-state index >= 15 is 0 Å². The molecule has 0 atom stereocenters. The van der Waals surface area contributed by atoms with E-state index in [0.29, 0.717) is 24.5 Å². The molecule has 1 amide bonds. The number of carbonyl (C=O) groups is 1. The van der Waals surface area contributed by atoms with Gasteiger partial charge in [0.25, 0.3) is 5.91 Å². The third-order valence-electron chi connectivity index (χ3n) is 3.46. The number of aromatic nitrogens is 1. The second-order valence-corrected chi connectivity index (χ2v) is 6.81. The number of carbonyl (C=O) groups excluding carboxylic acids is 1. The molecule has 0 radical (unpaired) electrons. The average Bonchev–Trinajstić information content (AvgIpc) is 3.25. The van der Waals surface area contributed by atoms with Gasteiger partial charge >= 0.3 is 0 Å². The van der Waals surface area contributed by atoms with Gasteiger partial charge < -0.3 is 14.3 Å². The van der Waals surface area contributed by atoms with E-state index in [1.54, 1.807) is 24.3 Å². The van der Waals surface area contributed by atoms with Crippen molar-refractivity contribution in [1.29, 1.82) is 0 Å². The third-order valence-corrected chi connectivity index (χ3v) is 4.39. The lowest BCUT2D eigenvalue weighted by Crippen LogP contribution is -2.25. The fourth-order valence-corrected chi connectivity index (χ4v) is 2.69. The molecule has 8 nitrogen and oxygen atoms in total. The Kier molecular flexibility index (Phi) is 4.68. The zero-order valence-corrected chi connectivity index (χ0v) is 13.8. The highest BCUT2D eigenvalue weighted by molar-refractivity contribution is 7.89. The van der Waals surface area contributed by atoms with Crippen LogP contribution in [0.1, 0.15) is 16.1 Å². The number of hydrogen-bond donors (Lipinski definition) is 2. The molecule has 0 bridgehead atoms. The maximum atomic E-state index is 12.0. The van der Waals surface area contributed by atoms with Crippen LogP contribution in [0.5, 0.6) is 0 Å². The van der Waals surface area contributed by atoms with Crippen molar-refractivity contribution in [2.45, 2.75) is 11.3 Å². The SMILES string of the molecule is NS(=O)(=O)c1ccc(CCNC(=O)c2cc(-c3ccco3)on2)cc1. The monoisotopic (exact) mass is 361 g/mol. The zero-order chi connectivity index (χ0) is 17.9. The molecule has 9 heteroatoms. The minimum atomic E-state index is -3.70. The average molecular weight is 361 g/mol. The van der Waals surface area contributed by atoms with Crippen LogP contribution < -0.4 is 10.5 Å². The molecule has 3 aromatic rings. The van der Waals surface area contributed by atoms with Gasteiger partial charge in [-0.1, -0.05) is 17.3 Å². The number of benzene rings is 1. The van der Waals surface area contributed by atoms with Crippen LogP contribution >= 0.6 is 0 Å². The molecule has 1 aromatic carbocycles. The maximum Gasteiger partial charge on any atom is 0.273 e. The number of nitrogens with one attached hydrogen (secondary N) is 1. The molecule has 0 aliphatic heterocycles. The van der Waals surface area contributed by atoms with E-state index in [4.69, 9.17) is 14.1 Å². The molecule has 0 fully saturated rings. The first-order valence-electron chi connectivity index (χ1n) is 7.34. The van der Waals surface area contributed by atoms with Gasteiger partial charge in [-0.3, -0.25) is 4.79 Å². The molecular weight excluding hydrogens is 346 g/mol. The molecule has 0 saturated carbocycles. The number of sulfonamides is 1. The second-order valence-electron chi connectivity index (χ2n) is 5.25. The van der Waals surface area contributed by atoms with Crippen LogP contribution in [0.4, 0.5) is 0 Å². The summed E-state index contributed by atoms with van der Waals surface area (Å²) in [5, 5.41) is 11.5. The van der Waals surface area contributed by atoms with E-state index in [2.05, 4.69) is 10.5 Å². The molecule has 0 aliphatic rings.